The standard InChI is InChI=1S/C15H22ClN/c1-3-15(7-4-8-15)11-17-10-13-6-5-12(2)14(16)9-13/h5-6,9,17H,3-4,7-8,10-11H2,1-2H3. The Morgan fingerprint density at radius 2 is 2.12 bits per heavy atom. The van der Waals surface area contributed by atoms with Crippen LogP contribution in [0.15, 0.2) is 18.2 Å². The minimum atomic E-state index is 0.592. The van der Waals surface area contributed by atoms with Crippen molar-refractivity contribution in [2.24, 2.45) is 5.41 Å². The maximum Gasteiger partial charge on any atom is 0.0438 e. The van der Waals surface area contributed by atoms with Gasteiger partial charge in [0.05, 0.1) is 0 Å². The molecule has 2 rings (SSSR count). The molecule has 1 fully saturated rings. The molecule has 0 unspecified atom stereocenters. The van der Waals surface area contributed by atoms with Gasteiger partial charge in [-0.05, 0) is 48.8 Å². The lowest BCUT2D eigenvalue weighted by molar-refractivity contribution is 0.124. The van der Waals surface area contributed by atoms with E-state index in [-0.39, 0.29) is 0 Å². The van der Waals surface area contributed by atoms with Crippen LogP contribution in [-0.2, 0) is 6.54 Å². The molecule has 2 heteroatoms. The fourth-order valence-corrected chi connectivity index (χ4v) is 2.75. The van der Waals surface area contributed by atoms with Crippen LogP contribution >= 0.6 is 11.6 Å². The molecule has 0 heterocycles. The monoisotopic (exact) mass is 251 g/mol. The summed E-state index contributed by atoms with van der Waals surface area (Å²) in [5.74, 6) is 0. The lowest BCUT2D eigenvalue weighted by Gasteiger charge is -2.41. The van der Waals surface area contributed by atoms with Crippen LogP contribution in [0.4, 0.5) is 0 Å². The Bertz CT molecular complexity index is 377. The fourth-order valence-electron chi connectivity index (χ4n) is 2.55. The van der Waals surface area contributed by atoms with Crippen molar-refractivity contribution in [3.05, 3.63) is 34.3 Å². The van der Waals surface area contributed by atoms with Gasteiger partial charge in [0, 0.05) is 18.1 Å². The van der Waals surface area contributed by atoms with Crippen molar-refractivity contribution in [2.45, 2.75) is 46.1 Å². The number of benzene rings is 1. The molecule has 0 bridgehead atoms. The highest BCUT2D eigenvalue weighted by atomic mass is 35.5. The van der Waals surface area contributed by atoms with Crippen molar-refractivity contribution in [3.63, 3.8) is 0 Å². The van der Waals surface area contributed by atoms with Gasteiger partial charge >= 0.3 is 0 Å². The molecule has 1 nitrogen and oxygen atoms in total. The van der Waals surface area contributed by atoms with E-state index in [0.29, 0.717) is 5.41 Å². The van der Waals surface area contributed by atoms with Crippen molar-refractivity contribution >= 4 is 11.6 Å². The van der Waals surface area contributed by atoms with E-state index >= 15 is 0 Å². The van der Waals surface area contributed by atoms with Crippen molar-refractivity contribution in [1.29, 1.82) is 0 Å². The molecule has 1 saturated carbocycles. The van der Waals surface area contributed by atoms with Gasteiger partial charge in [0.1, 0.15) is 0 Å². The fraction of sp³-hybridized carbons (Fsp3) is 0.600. The normalized spacial score (nSPS) is 17.8. The first-order chi connectivity index (χ1) is 8.15. The molecule has 1 N–H and O–H groups in total. The van der Waals surface area contributed by atoms with E-state index in [1.165, 1.54) is 31.2 Å². The molecule has 0 saturated heterocycles. The highest BCUT2D eigenvalue weighted by molar-refractivity contribution is 6.31. The minimum absolute atomic E-state index is 0.592. The quantitative estimate of drug-likeness (QED) is 0.822. The lowest BCUT2D eigenvalue weighted by Crippen LogP contribution is -2.39. The summed E-state index contributed by atoms with van der Waals surface area (Å²) in [7, 11) is 0. The molecular formula is C15H22ClN. The van der Waals surface area contributed by atoms with E-state index in [1.807, 2.05) is 6.92 Å². The number of nitrogens with one attached hydrogen (secondary N) is 1. The first kappa shape index (κ1) is 12.9. The summed E-state index contributed by atoms with van der Waals surface area (Å²) in [6, 6.07) is 6.33. The number of halogens is 1. The van der Waals surface area contributed by atoms with Gasteiger partial charge in [-0.2, -0.15) is 0 Å². The zero-order valence-corrected chi connectivity index (χ0v) is 11.6. The zero-order valence-electron chi connectivity index (χ0n) is 10.9. The van der Waals surface area contributed by atoms with E-state index in [9.17, 15) is 0 Å². The molecule has 0 amide bonds. The van der Waals surface area contributed by atoms with E-state index in [1.54, 1.807) is 0 Å². The summed E-state index contributed by atoms with van der Waals surface area (Å²) >= 11 is 6.12. The van der Waals surface area contributed by atoms with E-state index in [2.05, 4.69) is 30.4 Å². The second-order valence-corrected chi connectivity index (χ2v) is 5.80. The van der Waals surface area contributed by atoms with Gasteiger partial charge in [0.15, 0.2) is 0 Å². The van der Waals surface area contributed by atoms with Gasteiger partial charge < -0.3 is 5.32 Å². The van der Waals surface area contributed by atoms with Crippen LogP contribution in [0.5, 0.6) is 0 Å². The first-order valence-electron chi connectivity index (χ1n) is 6.61. The van der Waals surface area contributed by atoms with Crippen molar-refractivity contribution < 1.29 is 0 Å². The number of hydrogen-bond acceptors (Lipinski definition) is 1. The van der Waals surface area contributed by atoms with Crippen LogP contribution in [0.1, 0.15) is 43.7 Å². The van der Waals surface area contributed by atoms with Gasteiger partial charge in [0.2, 0.25) is 0 Å². The third kappa shape index (κ3) is 3.02. The molecule has 0 radical (unpaired) electrons. The van der Waals surface area contributed by atoms with Crippen LogP contribution in [0, 0.1) is 12.3 Å². The summed E-state index contributed by atoms with van der Waals surface area (Å²) in [5.41, 5.74) is 3.03. The Morgan fingerprint density at radius 3 is 2.65 bits per heavy atom. The Kier molecular flexibility index (Phi) is 4.11. The van der Waals surface area contributed by atoms with E-state index < -0.39 is 0 Å². The molecule has 1 aliphatic rings. The average molecular weight is 252 g/mol. The summed E-state index contributed by atoms with van der Waals surface area (Å²) < 4.78 is 0. The lowest BCUT2D eigenvalue weighted by atomic mass is 9.67. The predicted octanol–water partition coefficient (Wildman–Crippen LogP) is 4.32. The van der Waals surface area contributed by atoms with Crippen LogP contribution in [0.2, 0.25) is 5.02 Å². The molecular weight excluding hydrogens is 230 g/mol. The van der Waals surface area contributed by atoms with Crippen molar-refractivity contribution in [1.82, 2.24) is 5.32 Å². The SMILES string of the molecule is CCC1(CNCc2ccc(C)c(Cl)c2)CCC1. The predicted molar refractivity (Wildman–Crippen MR) is 74.5 cm³/mol. The molecule has 1 aromatic rings. The number of aryl methyl sites for hydroxylation is 1. The average Bonchev–Trinajstić information content (AvgIpc) is 2.27. The highest BCUT2D eigenvalue weighted by Gasteiger charge is 2.34. The topological polar surface area (TPSA) is 12.0 Å². The molecule has 0 spiro atoms. The van der Waals surface area contributed by atoms with Crippen LogP contribution in [0.25, 0.3) is 0 Å². The van der Waals surface area contributed by atoms with Crippen LogP contribution in [-0.4, -0.2) is 6.54 Å². The molecule has 0 aliphatic heterocycles. The van der Waals surface area contributed by atoms with Crippen LogP contribution < -0.4 is 5.32 Å². The van der Waals surface area contributed by atoms with Gasteiger partial charge in [-0.15, -0.1) is 0 Å². The van der Waals surface area contributed by atoms with Gasteiger partial charge in [-0.25, -0.2) is 0 Å². The second-order valence-electron chi connectivity index (χ2n) is 5.39. The summed E-state index contributed by atoms with van der Waals surface area (Å²) in [4.78, 5) is 0. The summed E-state index contributed by atoms with van der Waals surface area (Å²) in [6.07, 6.45) is 5.50. The highest BCUT2D eigenvalue weighted by Crippen LogP contribution is 2.43. The zero-order chi connectivity index (χ0) is 12.3. The molecule has 1 aromatic carbocycles. The summed E-state index contributed by atoms with van der Waals surface area (Å²) in [6.45, 7) is 6.43. The second kappa shape index (κ2) is 5.41. The molecule has 94 valence electrons. The number of hydrogen-bond donors (Lipinski definition) is 1. The smallest absolute Gasteiger partial charge is 0.0438 e. The first-order valence-corrected chi connectivity index (χ1v) is 6.99. The third-order valence-corrected chi connectivity index (χ3v) is 4.64. The Hall–Kier alpha value is -0.530. The van der Waals surface area contributed by atoms with Crippen LogP contribution in [0.3, 0.4) is 0 Å². The maximum absolute atomic E-state index is 6.12. The number of rotatable bonds is 5. The maximum atomic E-state index is 6.12. The Morgan fingerprint density at radius 1 is 1.35 bits per heavy atom. The van der Waals surface area contributed by atoms with Crippen molar-refractivity contribution in [2.75, 3.05) is 6.54 Å². The largest absolute Gasteiger partial charge is 0.312 e. The van der Waals surface area contributed by atoms with Gasteiger partial charge in [0.25, 0.3) is 0 Å². The summed E-state index contributed by atoms with van der Waals surface area (Å²) in [5, 5.41) is 4.46. The molecule has 0 atom stereocenters. The molecule has 1 aliphatic carbocycles. The molecule has 17 heavy (non-hydrogen) atoms. The van der Waals surface area contributed by atoms with Gasteiger partial charge in [-0.1, -0.05) is 37.1 Å². The Labute approximate surface area is 110 Å². The van der Waals surface area contributed by atoms with Crippen molar-refractivity contribution in [3.8, 4) is 0 Å². The van der Waals surface area contributed by atoms with Gasteiger partial charge in [-0.3, -0.25) is 0 Å². The Balaban J connectivity index is 1.83. The van der Waals surface area contributed by atoms with E-state index in [4.69, 9.17) is 11.6 Å². The minimum Gasteiger partial charge on any atom is -0.312 e. The third-order valence-electron chi connectivity index (χ3n) is 4.23. The van der Waals surface area contributed by atoms with E-state index in [0.717, 1.165) is 23.7 Å². The molecule has 0 aromatic heterocycles.